The molecule has 0 saturated carbocycles. The van der Waals surface area contributed by atoms with Crippen LogP contribution in [0, 0.1) is 29.1 Å². The largest absolute Gasteiger partial charge is 0.383 e. The van der Waals surface area contributed by atoms with Gasteiger partial charge in [-0.1, -0.05) is 62.2 Å². The van der Waals surface area contributed by atoms with Crippen molar-refractivity contribution in [3.05, 3.63) is 63.8 Å². The maximum absolute atomic E-state index is 11.1. The number of aromatic nitrogens is 1. The third kappa shape index (κ3) is 4.86. The van der Waals surface area contributed by atoms with Crippen LogP contribution in [0.15, 0.2) is 42.6 Å². The number of nitrogens with zero attached hydrogens (tertiary/aromatic N) is 2. The van der Waals surface area contributed by atoms with Crippen LogP contribution in [0.25, 0.3) is 10.9 Å². The van der Waals surface area contributed by atoms with E-state index in [0.717, 1.165) is 0 Å². The average molecular weight is 453 g/mol. The van der Waals surface area contributed by atoms with E-state index in [1.165, 1.54) is 6.20 Å². The van der Waals surface area contributed by atoms with Crippen molar-refractivity contribution >= 4 is 45.5 Å². The van der Waals surface area contributed by atoms with Gasteiger partial charge in [-0.15, -0.1) is 6.42 Å². The second-order valence-corrected chi connectivity index (χ2v) is 9.20. The van der Waals surface area contributed by atoms with E-state index in [4.69, 9.17) is 29.6 Å². The molecule has 0 fully saturated rings. The molecule has 2 aromatic carbocycles. The van der Waals surface area contributed by atoms with Crippen LogP contribution < -0.4 is 10.6 Å². The monoisotopic (exact) mass is 452 g/mol. The van der Waals surface area contributed by atoms with E-state index < -0.39 is 5.72 Å². The minimum Gasteiger partial charge on any atom is -0.383 e. The molecule has 158 valence electrons. The van der Waals surface area contributed by atoms with Gasteiger partial charge in [0, 0.05) is 34.4 Å². The molecule has 1 aromatic heterocycles. The number of nitrogens with one attached hydrogen (secondary N) is 2. The van der Waals surface area contributed by atoms with Crippen LogP contribution in [-0.4, -0.2) is 16.6 Å². The number of benzene rings is 2. The maximum Gasteiger partial charge on any atom is 0.228 e. The Bertz CT molecular complexity index is 1220. The van der Waals surface area contributed by atoms with Crippen molar-refractivity contribution < 1.29 is 5.11 Å². The summed E-state index contributed by atoms with van der Waals surface area (Å²) in [5, 5.41) is 28.3. The van der Waals surface area contributed by atoms with Crippen LogP contribution >= 0.6 is 23.2 Å². The van der Waals surface area contributed by atoms with Gasteiger partial charge in [-0.05, 0) is 29.5 Å². The number of nitriles is 1. The van der Waals surface area contributed by atoms with Crippen LogP contribution in [0.5, 0.6) is 0 Å². The Labute approximate surface area is 192 Å². The predicted octanol–water partition coefficient (Wildman–Crippen LogP) is 5.76. The minimum atomic E-state index is -1.87. The molecule has 0 bridgehead atoms. The highest BCUT2D eigenvalue weighted by atomic mass is 35.5. The molecule has 7 heteroatoms. The zero-order chi connectivity index (χ0) is 22.8. The number of hydrogen-bond acceptors (Lipinski definition) is 5. The summed E-state index contributed by atoms with van der Waals surface area (Å²) in [6.07, 6.45) is 7.15. The molecule has 31 heavy (non-hydrogen) atoms. The molecule has 0 radical (unpaired) electrons. The van der Waals surface area contributed by atoms with Crippen molar-refractivity contribution in [1.29, 1.82) is 5.26 Å². The number of rotatable bonds is 5. The van der Waals surface area contributed by atoms with Gasteiger partial charge >= 0.3 is 0 Å². The number of aliphatic hydroxyl groups is 1. The van der Waals surface area contributed by atoms with Gasteiger partial charge in [0.05, 0.1) is 21.8 Å². The fourth-order valence-corrected chi connectivity index (χ4v) is 3.65. The van der Waals surface area contributed by atoms with Crippen molar-refractivity contribution in [3.63, 3.8) is 0 Å². The fraction of sp³-hybridized carbons (Fsp3) is 0.250. The molecular formula is C24H22Cl2N4O. The summed E-state index contributed by atoms with van der Waals surface area (Å²) in [6, 6.07) is 12.3. The third-order valence-electron chi connectivity index (χ3n) is 4.64. The maximum atomic E-state index is 11.1. The zero-order valence-electron chi connectivity index (χ0n) is 17.4. The molecule has 1 heterocycles. The van der Waals surface area contributed by atoms with E-state index in [1.54, 1.807) is 36.4 Å². The Balaban J connectivity index is 2.13. The van der Waals surface area contributed by atoms with Gasteiger partial charge in [0.15, 0.2) is 0 Å². The third-order valence-corrected chi connectivity index (χ3v) is 5.26. The van der Waals surface area contributed by atoms with Gasteiger partial charge in [0.1, 0.15) is 6.07 Å². The Morgan fingerprint density at radius 1 is 1.16 bits per heavy atom. The number of halogens is 2. The standard InChI is InChI=1S/C24H22Cl2N4O/c1-5-24(31,18-8-6-7-9-19(18)25)30-16-10-17-21(29-14-23(2,3)4)15(12-27)13-28-22(17)20(26)11-16/h1,6-11,13,30-31H,14H2,2-4H3,(H,28,29). The Morgan fingerprint density at radius 3 is 2.48 bits per heavy atom. The van der Waals surface area contributed by atoms with Crippen molar-refractivity contribution in [1.82, 2.24) is 4.98 Å². The normalized spacial score (nSPS) is 13.2. The first-order valence-electron chi connectivity index (χ1n) is 9.57. The van der Waals surface area contributed by atoms with Gasteiger partial charge < -0.3 is 15.7 Å². The van der Waals surface area contributed by atoms with Crippen LogP contribution in [0.3, 0.4) is 0 Å². The van der Waals surface area contributed by atoms with E-state index in [1.807, 2.05) is 0 Å². The van der Waals surface area contributed by atoms with Crippen molar-refractivity contribution in [3.8, 4) is 18.4 Å². The lowest BCUT2D eigenvalue weighted by atomic mass is 9.96. The van der Waals surface area contributed by atoms with Gasteiger partial charge in [0.2, 0.25) is 5.72 Å². The second kappa shape index (κ2) is 8.65. The lowest BCUT2D eigenvalue weighted by Gasteiger charge is -2.27. The van der Waals surface area contributed by atoms with E-state index >= 15 is 0 Å². The Morgan fingerprint density at radius 2 is 1.87 bits per heavy atom. The quantitative estimate of drug-likeness (QED) is 0.338. The zero-order valence-corrected chi connectivity index (χ0v) is 18.9. The van der Waals surface area contributed by atoms with Crippen molar-refractivity contribution in [2.75, 3.05) is 17.2 Å². The molecule has 0 aliphatic heterocycles. The van der Waals surface area contributed by atoms with Crippen molar-refractivity contribution in [2.24, 2.45) is 5.41 Å². The summed E-state index contributed by atoms with van der Waals surface area (Å²) in [4.78, 5) is 4.34. The topological polar surface area (TPSA) is 81.0 Å². The molecule has 3 rings (SSSR count). The van der Waals surface area contributed by atoms with E-state index in [-0.39, 0.29) is 5.41 Å². The summed E-state index contributed by atoms with van der Waals surface area (Å²) in [5.41, 5.74) is 0.450. The highest BCUT2D eigenvalue weighted by molar-refractivity contribution is 6.36. The number of terminal acetylenes is 1. The first-order chi connectivity index (χ1) is 14.6. The SMILES string of the molecule is C#CC(O)(Nc1cc(Cl)c2ncc(C#N)c(NCC(C)(C)C)c2c1)c1ccccc1Cl. The van der Waals surface area contributed by atoms with E-state index in [9.17, 15) is 10.4 Å². The van der Waals surface area contributed by atoms with E-state index in [2.05, 4.69) is 48.4 Å². The molecule has 1 unspecified atom stereocenters. The predicted molar refractivity (Wildman–Crippen MR) is 127 cm³/mol. The summed E-state index contributed by atoms with van der Waals surface area (Å²) in [5.74, 6) is 2.37. The Hall–Kier alpha value is -2.96. The lowest BCUT2D eigenvalue weighted by Crippen LogP contribution is -2.33. The molecule has 3 N–H and O–H groups in total. The molecule has 3 aromatic rings. The molecular weight excluding hydrogens is 431 g/mol. The first kappa shape index (κ1) is 22.7. The summed E-state index contributed by atoms with van der Waals surface area (Å²) >= 11 is 12.7. The highest BCUT2D eigenvalue weighted by Crippen LogP contribution is 2.36. The fourth-order valence-electron chi connectivity index (χ4n) is 3.11. The number of fused-ring (bicyclic) bond motifs is 1. The number of pyridine rings is 1. The highest BCUT2D eigenvalue weighted by Gasteiger charge is 2.29. The van der Waals surface area contributed by atoms with Crippen molar-refractivity contribution in [2.45, 2.75) is 26.5 Å². The van der Waals surface area contributed by atoms with Crippen LogP contribution in [0.2, 0.25) is 10.0 Å². The first-order valence-corrected chi connectivity index (χ1v) is 10.3. The van der Waals surface area contributed by atoms with Gasteiger partial charge in [-0.2, -0.15) is 5.26 Å². The summed E-state index contributed by atoms with van der Waals surface area (Å²) < 4.78 is 0. The number of hydrogen-bond donors (Lipinski definition) is 3. The molecule has 0 saturated heterocycles. The molecule has 0 aliphatic rings. The van der Waals surface area contributed by atoms with Gasteiger partial charge in [-0.3, -0.25) is 4.98 Å². The molecule has 0 aliphatic carbocycles. The van der Waals surface area contributed by atoms with Gasteiger partial charge in [0.25, 0.3) is 0 Å². The molecule has 0 amide bonds. The minimum absolute atomic E-state index is 0.0181. The van der Waals surface area contributed by atoms with Crippen LogP contribution in [0.4, 0.5) is 11.4 Å². The molecule has 0 spiro atoms. The van der Waals surface area contributed by atoms with Crippen LogP contribution in [-0.2, 0) is 5.72 Å². The number of anilines is 2. The summed E-state index contributed by atoms with van der Waals surface area (Å²) in [6.45, 7) is 6.90. The molecule has 1 atom stereocenters. The smallest absolute Gasteiger partial charge is 0.228 e. The molecule has 5 nitrogen and oxygen atoms in total. The second-order valence-electron chi connectivity index (χ2n) is 8.39. The van der Waals surface area contributed by atoms with E-state index in [0.29, 0.717) is 50.0 Å². The Kier molecular flexibility index (Phi) is 6.34. The average Bonchev–Trinajstić information content (AvgIpc) is 2.71. The summed E-state index contributed by atoms with van der Waals surface area (Å²) in [7, 11) is 0. The van der Waals surface area contributed by atoms with Gasteiger partial charge in [-0.25, -0.2) is 0 Å². The lowest BCUT2D eigenvalue weighted by molar-refractivity contribution is 0.132. The van der Waals surface area contributed by atoms with Crippen LogP contribution in [0.1, 0.15) is 31.9 Å².